The van der Waals surface area contributed by atoms with Crippen molar-refractivity contribution < 1.29 is 14.3 Å². The third-order valence-corrected chi connectivity index (χ3v) is 4.84. The zero-order valence-electron chi connectivity index (χ0n) is 15.6. The van der Waals surface area contributed by atoms with Gasteiger partial charge in [0.15, 0.2) is 5.96 Å². The molecule has 2 rings (SSSR count). The SMILES string of the molecule is CCNC(=NCc1ccc(OC)c(C(=O)OC)c1)NCc1sccc1C. The number of benzene rings is 1. The van der Waals surface area contributed by atoms with Crippen LogP contribution in [0.4, 0.5) is 0 Å². The maximum absolute atomic E-state index is 11.9. The van der Waals surface area contributed by atoms with Crippen molar-refractivity contribution in [3.05, 3.63) is 51.2 Å². The van der Waals surface area contributed by atoms with E-state index >= 15 is 0 Å². The normalized spacial score (nSPS) is 11.2. The number of ether oxygens (including phenoxy) is 2. The second-order valence-electron chi connectivity index (χ2n) is 5.60. The number of rotatable bonds is 7. The summed E-state index contributed by atoms with van der Waals surface area (Å²) in [6, 6.07) is 7.51. The average molecular weight is 375 g/mol. The molecular weight excluding hydrogens is 350 g/mol. The highest BCUT2D eigenvalue weighted by molar-refractivity contribution is 7.10. The summed E-state index contributed by atoms with van der Waals surface area (Å²) >= 11 is 1.73. The Balaban J connectivity index is 2.10. The highest BCUT2D eigenvalue weighted by Crippen LogP contribution is 2.21. The monoisotopic (exact) mass is 375 g/mol. The molecule has 140 valence electrons. The fourth-order valence-corrected chi connectivity index (χ4v) is 3.23. The van der Waals surface area contributed by atoms with Crippen molar-refractivity contribution in [3.8, 4) is 5.75 Å². The van der Waals surface area contributed by atoms with E-state index in [0.29, 0.717) is 17.9 Å². The molecule has 0 aliphatic heterocycles. The number of guanidine groups is 1. The predicted octanol–water partition coefficient (Wildman–Crippen LogP) is 3.11. The number of methoxy groups -OCH3 is 2. The molecule has 0 fully saturated rings. The van der Waals surface area contributed by atoms with E-state index in [2.05, 4.69) is 34.0 Å². The van der Waals surface area contributed by atoms with Gasteiger partial charge in [-0.3, -0.25) is 0 Å². The summed E-state index contributed by atoms with van der Waals surface area (Å²) in [7, 11) is 2.88. The number of aryl methyl sites for hydroxylation is 1. The molecule has 1 aromatic carbocycles. The zero-order valence-corrected chi connectivity index (χ0v) is 16.4. The molecule has 0 spiro atoms. The minimum absolute atomic E-state index is 0.398. The molecular formula is C19H25N3O3S. The van der Waals surface area contributed by atoms with E-state index in [1.54, 1.807) is 23.5 Å². The Kier molecular flexibility index (Phi) is 7.47. The Morgan fingerprint density at radius 1 is 1.23 bits per heavy atom. The summed E-state index contributed by atoms with van der Waals surface area (Å²) in [4.78, 5) is 17.8. The molecule has 0 aliphatic rings. The van der Waals surface area contributed by atoms with Gasteiger partial charge in [0, 0.05) is 11.4 Å². The van der Waals surface area contributed by atoms with E-state index in [9.17, 15) is 4.79 Å². The minimum Gasteiger partial charge on any atom is -0.496 e. The fourth-order valence-electron chi connectivity index (χ4n) is 2.38. The van der Waals surface area contributed by atoms with Crippen LogP contribution in [0.15, 0.2) is 34.6 Å². The second-order valence-corrected chi connectivity index (χ2v) is 6.60. The largest absolute Gasteiger partial charge is 0.496 e. The van der Waals surface area contributed by atoms with Crippen molar-refractivity contribution in [2.45, 2.75) is 26.9 Å². The summed E-state index contributed by atoms with van der Waals surface area (Å²) in [6.07, 6.45) is 0. The van der Waals surface area contributed by atoms with Gasteiger partial charge in [-0.2, -0.15) is 0 Å². The first-order valence-electron chi connectivity index (χ1n) is 8.39. The minimum atomic E-state index is -0.425. The van der Waals surface area contributed by atoms with Crippen LogP contribution in [-0.4, -0.2) is 32.7 Å². The molecule has 0 saturated heterocycles. The maximum atomic E-state index is 11.9. The van der Waals surface area contributed by atoms with E-state index in [1.807, 2.05) is 13.0 Å². The van der Waals surface area contributed by atoms with Crippen molar-refractivity contribution >= 4 is 23.3 Å². The van der Waals surface area contributed by atoms with Crippen LogP contribution in [0, 0.1) is 6.92 Å². The lowest BCUT2D eigenvalue weighted by Crippen LogP contribution is -2.36. The third kappa shape index (κ3) is 5.23. The highest BCUT2D eigenvalue weighted by Gasteiger charge is 2.13. The molecule has 0 aliphatic carbocycles. The van der Waals surface area contributed by atoms with Crippen molar-refractivity contribution in [2.75, 3.05) is 20.8 Å². The second kappa shape index (κ2) is 9.82. The van der Waals surface area contributed by atoms with Gasteiger partial charge in [-0.1, -0.05) is 6.07 Å². The first-order valence-corrected chi connectivity index (χ1v) is 9.27. The average Bonchev–Trinajstić information content (AvgIpc) is 3.08. The Morgan fingerprint density at radius 2 is 2.04 bits per heavy atom. The molecule has 0 amide bonds. The molecule has 2 N–H and O–H groups in total. The lowest BCUT2D eigenvalue weighted by molar-refractivity contribution is 0.0597. The van der Waals surface area contributed by atoms with Gasteiger partial charge in [0.25, 0.3) is 0 Å². The highest BCUT2D eigenvalue weighted by atomic mass is 32.1. The van der Waals surface area contributed by atoms with Gasteiger partial charge in [-0.15, -0.1) is 11.3 Å². The molecule has 26 heavy (non-hydrogen) atoms. The summed E-state index contributed by atoms with van der Waals surface area (Å²) in [5.74, 6) is 0.796. The smallest absolute Gasteiger partial charge is 0.341 e. The Morgan fingerprint density at radius 3 is 2.65 bits per heavy atom. The van der Waals surface area contributed by atoms with Gasteiger partial charge in [-0.05, 0) is 48.6 Å². The number of hydrogen-bond donors (Lipinski definition) is 2. The van der Waals surface area contributed by atoms with E-state index in [-0.39, 0.29) is 0 Å². The van der Waals surface area contributed by atoms with Gasteiger partial charge in [0.2, 0.25) is 0 Å². The summed E-state index contributed by atoms with van der Waals surface area (Å²) in [6.45, 7) is 6.06. The van der Waals surface area contributed by atoms with Crippen LogP contribution < -0.4 is 15.4 Å². The van der Waals surface area contributed by atoms with Crippen LogP contribution >= 0.6 is 11.3 Å². The van der Waals surface area contributed by atoms with Crippen LogP contribution in [0.25, 0.3) is 0 Å². The van der Waals surface area contributed by atoms with Crippen molar-refractivity contribution in [1.82, 2.24) is 10.6 Å². The number of carbonyl (C=O) groups excluding carboxylic acids is 1. The van der Waals surface area contributed by atoms with Gasteiger partial charge in [-0.25, -0.2) is 9.79 Å². The molecule has 0 saturated carbocycles. The van der Waals surface area contributed by atoms with Gasteiger partial charge in [0.1, 0.15) is 11.3 Å². The maximum Gasteiger partial charge on any atom is 0.341 e. The zero-order chi connectivity index (χ0) is 18.9. The molecule has 2 aromatic rings. The van der Waals surface area contributed by atoms with Gasteiger partial charge < -0.3 is 20.1 Å². The summed E-state index contributed by atoms with van der Waals surface area (Å²) < 4.78 is 10.0. The molecule has 1 heterocycles. The molecule has 0 radical (unpaired) electrons. The first kappa shape index (κ1) is 19.8. The molecule has 6 nitrogen and oxygen atoms in total. The number of aliphatic imine (C=N–C) groups is 1. The predicted molar refractivity (Wildman–Crippen MR) is 105 cm³/mol. The third-order valence-electron chi connectivity index (χ3n) is 3.82. The number of nitrogens with zero attached hydrogens (tertiary/aromatic N) is 1. The molecule has 0 bridgehead atoms. The van der Waals surface area contributed by atoms with Crippen molar-refractivity contribution in [2.24, 2.45) is 4.99 Å². The topological polar surface area (TPSA) is 72.0 Å². The Hall–Kier alpha value is -2.54. The molecule has 1 aromatic heterocycles. The van der Waals surface area contributed by atoms with Crippen LogP contribution in [0.5, 0.6) is 5.75 Å². The van der Waals surface area contributed by atoms with E-state index in [0.717, 1.165) is 24.6 Å². The number of thiophene rings is 1. The summed E-state index contributed by atoms with van der Waals surface area (Å²) in [5.41, 5.74) is 2.57. The van der Waals surface area contributed by atoms with Crippen LogP contribution in [0.3, 0.4) is 0 Å². The number of carbonyl (C=O) groups is 1. The van der Waals surface area contributed by atoms with Crippen molar-refractivity contribution in [1.29, 1.82) is 0 Å². The number of nitrogens with one attached hydrogen (secondary N) is 2. The standard InChI is InChI=1S/C19H25N3O3S/c1-5-20-19(22-12-17-13(2)8-9-26-17)21-11-14-6-7-16(24-3)15(10-14)18(23)25-4/h6-10H,5,11-12H2,1-4H3,(H2,20,21,22). The first-order chi connectivity index (χ1) is 12.6. The molecule has 0 unspecified atom stereocenters. The molecule has 0 atom stereocenters. The van der Waals surface area contributed by atoms with E-state index in [4.69, 9.17) is 9.47 Å². The van der Waals surface area contributed by atoms with E-state index < -0.39 is 5.97 Å². The lowest BCUT2D eigenvalue weighted by Gasteiger charge is -2.12. The fraction of sp³-hybridized carbons (Fsp3) is 0.368. The lowest BCUT2D eigenvalue weighted by atomic mass is 10.1. The Bertz CT molecular complexity index is 771. The van der Waals surface area contributed by atoms with Gasteiger partial charge in [0.05, 0.1) is 27.3 Å². The van der Waals surface area contributed by atoms with Crippen LogP contribution in [0.1, 0.15) is 33.3 Å². The van der Waals surface area contributed by atoms with Crippen molar-refractivity contribution in [3.63, 3.8) is 0 Å². The number of hydrogen-bond acceptors (Lipinski definition) is 5. The quantitative estimate of drug-likeness (QED) is 0.442. The number of esters is 1. The van der Waals surface area contributed by atoms with Gasteiger partial charge >= 0.3 is 5.97 Å². The van der Waals surface area contributed by atoms with Crippen LogP contribution in [0.2, 0.25) is 0 Å². The summed E-state index contributed by atoms with van der Waals surface area (Å²) in [5, 5.41) is 8.66. The van der Waals surface area contributed by atoms with Crippen LogP contribution in [-0.2, 0) is 17.8 Å². The molecule has 7 heteroatoms. The Labute approximate surface area is 158 Å². The van der Waals surface area contributed by atoms with E-state index in [1.165, 1.54) is 24.7 Å².